The molecule has 1 rings (SSSR count). The molecule has 0 aliphatic rings. The highest BCUT2D eigenvalue weighted by Crippen LogP contribution is 2.19. The Labute approximate surface area is 109 Å². The number of benzene rings is 1. The van der Waals surface area contributed by atoms with Gasteiger partial charge in [0.25, 0.3) is 0 Å². The molecule has 3 N–H and O–H groups in total. The van der Waals surface area contributed by atoms with Crippen molar-refractivity contribution in [3.05, 3.63) is 28.5 Å². The lowest BCUT2D eigenvalue weighted by molar-refractivity contribution is -0.116. The number of halogens is 2. The molecule has 0 aromatic heterocycles. The summed E-state index contributed by atoms with van der Waals surface area (Å²) in [6.07, 6.45) is 0.829. The van der Waals surface area contributed by atoms with Crippen molar-refractivity contribution in [1.29, 1.82) is 0 Å². The summed E-state index contributed by atoms with van der Waals surface area (Å²) in [5, 5.41) is 2.52. The van der Waals surface area contributed by atoms with Crippen molar-refractivity contribution in [3.63, 3.8) is 0 Å². The number of hydrogen-bond donors (Lipinski definition) is 2. The first-order valence-corrected chi connectivity index (χ1v) is 6.11. The first-order chi connectivity index (χ1) is 7.78. The number of rotatable bonds is 4. The Kier molecular flexibility index (Phi) is 4.65. The molecule has 0 radical (unpaired) electrons. The molecule has 0 saturated heterocycles. The van der Waals surface area contributed by atoms with Gasteiger partial charge in [0.2, 0.25) is 5.91 Å². The van der Waals surface area contributed by atoms with Gasteiger partial charge in [-0.05, 0) is 38.5 Å². The minimum absolute atomic E-state index is 0.188. The number of anilines is 1. The van der Waals surface area contributed by atoms with Crippen molar-refractivity contribution < 1.29 is 9.18 Å². The zero-order valence-electron chi connectivity index (χ0n) is 9.89. The highest BCUT2D eigenvalue weighted by molar-refractivity contribution is 9.10. The fraction of sp³-hybridized carbons (Fsp3) is 0.417. The maximum atomic E-state index is 13.4. The molecule has 0 aliphatic carbocycles. The van der Waals surface area contributed by atoms with Gasteiger partial charge in [-0.3, -0.25) is 4.79 Å². The van der Waals surface area contributed by atoms with Crippen molar-refractivity contribution in [2.24, 2.45) is 5.73 Å². The molecule has 1 amide bonds. The summed E-state index contributed by atoms with van der Waals surface area (Å²) < 4.78 is 14.1. The summed E-state index contributed by atoms with van der Waals surface area (Å²) >= 11 is 3.15. The van der Waals surface area contributed by atoms with Crippen molar-refractivity contribution >= 4 is 27.5 Å². The molecule has 0 spiro atoms. The number of hydrogen-bond acceptors (Lipinski definition) is 2. The maximum Gasteiger partial charge on any atom is 0.224 e. The first-order valence-electron chi connectivity index (χ1n) is 5.32. The van der Waals surface area contributed by atoms with Gasteiger partial charge in [-0.15, -0.1) is 0 Å². The van der Waals surface area contributed by atoms with Gasteiger partial charge in [0.15, 0.2) is 0 Å². The highest BCUT2D eigenvalue weighted by Gasteiger charge is 2.14. The largest absolute Gasteiger partial charge is 0.326 e. The third-order valence-corrected chi connectivity index (χ3v) is 2.69. The van der Waals surface area contributed by atoms with Crippen LogP contribution in [0.4, 0.5) is 10.1 Å². The smallest absolute Gasteiger partial charge is 0.224 e. The van der Waals surface area contributed by atoms with Gasteiger partial charge >= 0.3 is 0 Å². The quantitative estimate of drug-likeness (QED) is 0.898. The van der Waals surface area contributed by atoms with E-state index in [0.717, 1.165) is 0 Å². The molecular weight excluding hydrogens is 287 g/mol. The van der Waals surface area contributed by atoms with E-state index in [2.05, 4.69) is 21.2 Å². The predicted molar refractivity (Wildman–Crippen MR) is 70.2 cm³/mol. The second-order valence-electron chi connectivity index (χ2n) is 4.66. The molecule has 0 fully saturated rings. The minimum atomic E-state index is -0.459. The van der Waals surface area contributed by atoms with Crippen LogP contribution < -0.4 is 11.1 Å². The molecule has 17 heavy (non-hydrogen) atoms. The van der Waals surface area contributed by atoms with Gasteiger partial charge in [-0.2, -0.15) is 0 Å². The summed E-state index contributed by atoms with van der Waals surface area (Å²) in [7, 11) is 0. The van der Waals surface area contributed by atoms with Gasteiger partial charge in [-0.1, -0.05) is 15.9 Å². The fourth-order valence-corrected chi connectivity index (χ4v) is 1.57. The maximum absolute atomic E-state index is 13.4. The predicted octanol–water partition coefficient (Wildman–Crippen LogP) is 3.04. The molecule has 0 unspecified atom stereocenters. The lowest BCUT2D eigenvalue weighted by Gasteiger charge is -2.17. The number of carbonyl (C=O) groups is 1. The van der Waals surface area contributed by atoms with Crippen molar-refractivity contribution in [3.8, 4) is 0 Å². The van der Waals surface area contributed by atoms with E-state index in [1.165, 1.54) is 12.1 Å². The number of nitrogens with two attached hydrogens (primary N) is 1. The van der Waals surface area contributed by atoms with Crippen LogP contribution in [-0.4, -0.2) is 11.4 Å². The van der Waals surface area contributed by atoms with Gasteiger partial charge in [0, 0.05) is 16.4 Å². The van der Waals surface area contributed by atoms with Crippen molar-refractivity contribution in [2.75, 3.05) is 5.32 Å². The molecule has 0 aliphatic heterocycles. The van der Waals surface area contributed by atoms with E-state index < -0.39 is 11.4 Å². The SMILES string of the molecule is CC(C)(N)CCC(=O)Nc1ccc(Br)cc1F. The van der Waals surface area contributed by atoms with Crippen LogP contribution in [0, 0.1) is 5.82 Å². The average Bonchev–Trinajstić information content (AvgIpc) is 2.18. The molecule has 1 aromatic carbocycles. The topological polar surface area (TPSA) is 55.1 Å². The van der Waals surface area contributed by atoms with Gasteiger partial charge in [0.05, 0.1) is 5.69 Å². The lowest BCUT2D eigenvalue weighted by Crippen LogP contribution is -2.33. The molecule has 1 aromatic rings. The molecule has 3 nitrogen and oxygen atoms in total. The van der Waals surface area contributed by atoms with E-state index in [0.29, 0.717) is 10.9 Å². The molecule has 5 heteroatoms. The van der Waals surface area contributed by atoms with E-state index >= 15 is 0 Å². The van der Waals surface area contributed by atoms with Crippen LogP contribution in [-0.2, 0) is 4.79 Å². The summed E-state index contributed by atoms with van der Waals surface area (Å²) in [5.74, 6) is -0.690. The summed E-state index contributed by atoms with van der Waals surface area (Å²) in [6.45, 7) is 3.70. The van der Waals surface area contributed by atoms with E-state index in [-0.39, 0.29) is 18.0 Å². The van der Waals surface area contributed by atoms with Gasteiger partial charge < -0.3 is 11.1 Å². The van der Waals surface area contributed by atoms with Crippen LogP contribution in [0.5, 0.6) is 0 Å². The lowest BCUT2D eigenvalue weighted by atomic mass is 10.00. The molecule has 0 heterocycles. The van der Waals surface area contributed by atoms with Crippen LogP contribution in [0.2, 0.25) is 0 Å². The van der Waals surface area contributed by atoms with Gasteiger partial charge in [0.1, 0.15) is 5.82 Å². The van der Waals surface area contributed by atoms with E-state index in [1.54, 1.807) is 6.07 Å². The Hall–Kier alpha value is -0.940. The molecule has 0 atom stereocenters. The Morgan fingerprint density at radius 1 is 1.53 bits per heavy atom. The highest BCUT2D eigenvalue weighted by atomic mass is 79.9. The van der Waals surface area contributed by atoms with Crippen molar-refractivity contribution in [2.45, 2.75) is 32.2 Å². The molecule has 0 bridgehead atoms. The second kappa shape index (κ2) is 5.60. The normalized spacial score (nSPS) is 11.4. The molecule has 0 saturated carbocycles. The number of amides is 1. The number of nitrogens with one attached hydrogen (secondary N) is 1. The fourth-order valence-electron chi connectivity index (χ4n) is 1.24. The monoisotopic (exact) mass is 302 g/mol. The first kappa shape index (κ1) is 14.1. The average molecular weight is 303 g/mol. The third-order valence-electron chi connectivity index (χ3n) is 2.20. The van der Waals surface area contributed by atoms with Crippen molar-refractivity contribution in [1.82, 2.24) is 0 Å². The summed E-state index contributed by atoms with van der Waals surface area (Å²) in [5.41, 5.74) is 5.56. The standard InChI is InChI=1S/C12H16BrFN2O/c1-12(2,15)6-5-11(17)16-10-4-3-8(13)7-9(10)14/h3-4,7H,5-6,15H2,1-2H3,(H,16,17). The van der Waals surface area contributed by atoms with Gasteiger partial charge in [-0.25, -0.2) is 4.39 Å². The molecular formula is C12H16BrFN2O. The Morgan fingerprint density at radius 3 is 2.71 bits per heavy atom. The van der Waals surface area contributed by atoms with E-state index in [1.807, 2.05) is 13.8 Å². The minimum Gasteiger partial charge on any atom is -0.326 e. The Morgan fingerprint density at radius 2 is 2.18 bits per heavy atom. The summed E-state index contributed by atoms with van der Waals surface area (Å²) in [4.78, 5) is 11.6. The van der Waals surface area contributed by atoms with Crippen LogP contribution in [0.15, 0.2) is 22.7 Å². The second-order valence-corrected chi connectivity index (χ2v) is 5.58. The Bertz CT molecular complexity index is 415. The van der Waals surface area contributed by atoms with Crippen LogP contribution in [0.25, 0.3) is 0 Å². The summed E-state index contributed by atoms with van der Waals surface area (Å²) in [6, 6.07) is 4.50. The van der Waals surface area contributed by atoms with E-state index in [4.69, 9.17) is 5.73 Å². The Balaban J connectivity index is 2.57. The van der Waals surface area contributed by atoms with Crippen LogP contribution in [0.1, 0.15) is 26.7 Å². The molecule has 94 valence electrons. The van der Waals surface area contributed by atoms with E-state index in [9.17, 15) is 9.18 Å². The zero-order chi connectivity index (χ0) is 13.1. The van der Waals surface area contributed by atoms with Crippen LogP contribution >= 0.6 is 15.9 Å². The zero-order valence-corrected chi connectivity index (χ0v) is 11.5. The third kappa shape index (κ3) is 5.28. The van der Waals surface area contributed by atoms with Crippen LogP contribution in [0.3, 0.4) is 0 Å². The number of carbonyl (C=O) groups excluding carboxylic acids is 1.